The van der Waals surface area contributed by atoms with E-state index in [2.05, 4.69) is 61.8 Å². The Morgan fingerprint density at radius 1 is 0.466 bits per heavy atom. The minimum absolute atomic E-state index is 0.0401. The number of anilines is 2. The monoisotopic (exact) mass is 818 g/mol. The number of hydrogen-bond donors (Lipinski definition) is 0. The lowest BCUT2D eigenvalue weighted by Gasteiger charge is -2.61. The molecule has 8 unspecified atom stereocenters. The van der Waals surface area contributed by atoms with Gasteiger partial charge < -0.3 is 19.3 Å². The SMILES string of the molecule is CC1(C)c2ccccc2S(=O)(=O)c2ccc(N3C4CCCCC4OC4CC5C(CC43)OC3CCCCC3N5c3ccc4c(c3)C(C)(C)c3ccccc3S4(=O)=O)cc21. The maximum atomic E-state index is 14.1. The minimum Gasteiger partial charge on any atom is -0.371 e. The number of ether oxygens (including phenoxy) is 2. The molecule has 0 amide bonds. The van der Waals surface area contributed by atoms with Gasteiger partial charge in [0.05, 0.1) is 68.2 Å². The highest BCUT2D eigenvalue weighted by Gasteiger charge is 2.55. The van der Waals surface area contributed by atoms with E-state index in [-0.39, 0.29) is 48.6 Å². The molecule has 0 spiro atoms. The molecule has 11 rings (SSSR count). The standard InChI is InChI=1S/C48H54N2O6S2/c1-47(2)31-13-5-11-19-43(31)57(51,52)45-23-21-29(25-33(45)47)49-35-15-7-9-17-39(35)55-41-28-38-42(27-37(41)49)56-40-18-10-8-16-36(40)50(38)30-22-24-46-34(26-30)48(3,4)32-14-6-12-20-44(32)58(46,53)54/h5-6,11-14,19-26,35-42H,7-10,15-18,27-28H2,1-4H3. The normalized spacial score (nSPS) is 33.1. The second-order valence-corrected chi connectivity index (χ2v) is 22.9. The minimum atomic E-state index is -3.66. The first kappa shape index (κ1) is 37.3. The van der Waals surface area contributed by atoms with Crippen molar-refractivity contribution in [1.82, 2.24) is 0 Å². The lowest BCUT2D eigenvalue weighted by Crippen LogP contribution is -2.71. The number of rotatable bonds is 2. The van der Waals surface area contributed by atoms with Gasteiger partial charge in [0, 0.05) is 22.2 Å². The summed E-state index contributed by atoms with van der Waals surface area (Å²) in [5.74, 6) is 0. The molecule has 4 aromatic carbocycles. The Morgan fingerprint density at radius 2 is 0.845 bits per heavy atom. The molecule has 0 bridgehead atoms. The van der Waals surface area contributed by atoms with Gasteiger partial charge in [0.25, 0.3) is 0 Å². The molecule has 58 heavy (non-hydrogen) atoms. The molecule has 2 saturated heterocycles. The summed E-state index contributed by atoms with van der Waals surface area (Å²) >= 11 is 0. The van der Waals surface area contributed by atoms with Crippen LogP contribution in [0.25, 0.3) is 0 Å². The maximum Gasteiger partial charge on any atom is 0.207 e. The molecular formula is C48H54N2O6S2. The summed E-state index contributed by atoms with van der Waals surface area (Å²) in [4.78, 5) is 6.92. The molecule has 8 nitrogen and oxygen atoms in total. The van der Waals surface area contributed by atoms with Crippen molar-refractivity contribution in [1.29, 1.82) is 0 Å². The molecule has 5 fully saturated rings. The predicted molar refractivity (Wildman–Crippen MR) is 225 cm³/mol. The summed E-state index contributed by atoms with van der Waals surface area (Å²) in [6.45, 7) is 8.61. The molecule has 4 aliphatic heterocycles. The molecule has 3 saturated carbocycles. The Bertz CT molecular complexity index is 2390. The van der Waals surface area contributed by atoms with Crippen molar-refractivity contribution in [3.8, 4) is 0 Å². The van der Waals surface area contributed by atoms with Gasteiger partial charge >= 0.3 is 0 Å². The zero-order chi connectivity index (χ0) is 39.9. The highest BCUT2D eigenvalue weighted by atomic mass is 32.2. The second kappa shape index (κ2) is 12.9. The maximum absolute atomic E-state index is 14.1. The molecule has 7 aliphatic rings. The summed E-state index contributed by atoms with van der Waals surface area (Å²) in [7, 11) is -7.33. The van der Waals surface area contributed by atoms with Crippen LogP contribution in [-0.2, 0) is 40.0 Å². The fourth-order valence-electron chi connectivity index (χ4n) is 12.6. The van der Waals surface area contributed by atoms with E-state index in [9.17, 15) is 16.8 Å². The second-order valence-electron chi connectivity index (χ2n) is 19.2. The number of sulfone groups is 2. The van der Waals surface area contributed by atoms with Gasteiger partial charge in [-0.1, -0.05) is 89.8 Å². The molecule has 10 heteroatoms. The van der Waals surface area contributed by atoms with Crippen LogP contribution in [0.2, 0.25) is 0 Å². The zero-order valence-electron chi connectivity index (χ0n) is 33.9. The van der Waals surface area contributed by atoms with Crippen molar-refractivity contribution >= 4 is 31.0 Å². The number of fused-ring (bicyclic) bond motifs is 8. The zero-order valence-corrected chi connectivity index (χ0v) is 35.6. The van der Waals surface area contributed by atoms with Crippen molar-refractivity contribution < 1.29 is 26.3 Å². The smallest absolute Gasteiger partial charge is 0.207 e. The molecule has 3 aliphatic carbocycles. The Labute approximate surface area is 343 Å². The molecule has 0 N–H and O–H groups in total. The third-order valence-corrected chi connectivity index (χ3v) is 19.2. The van der Waals surface area contributed by atoms with Gasteiger partial charge in [0.15, 0.2) is 0 Å². The van der Waals surface area contributed by atoms with Gasteiger partial charge in [-0.2, -0.15) is 0 Å². The van der Waals surface area contributed by atoms with E-state index in [0.717, 1.165) is 97.8 Å². The fourth-order valence-corrected chi connectivity index (χ4v) is 16.5. The predicted octanol–water partition coefficient (Wildman–Crippen LogP) is 8.89. The first-order valence-corrected chi connectivity index (χ1v) is 24.6. The van der Waals surface area contributed by atoms with E-state index in [1.807, 2.05) is 48.5 Å². The van der Waals surface area contributed by atoms with Gasteiger partial charge in [-0.25, -0.2) is 16.8 Å². The number of benzene rings is 4. The van der Waals surface area contributed by atoms with Crippen LogP contribution in [0.4, 0.5) is 11.4 Å². The van der Waals surface area contributed by atoms with Crippen molar-refractivity contribution in [3.05, 3.63) is 107 Å². The van der Waals surface area contributed by atoms with Crippen LogP contribution in [0.1, 0.15) is 114 Å². The summed E-state index contributed by atoms with van der Waals surface area (Å²) in [6, 6.07) is 27.7. The van der Waals surface area contributed by atoms with E-state index in [1.165, 1.54) is 0 Å². The lowest BCUT2D eigenvalue weighted by molar-refractivity contribution is -0.154. The first-order chi connectivity index (χ1) is 27.8. The van der Waals surface area contributed by atoms with Gasteiger partial charge in [0.1, 0.15) is 0 Å². The van der Waals surface area contributed by atoms with Crippen molar-refractivity contribution in [3.63, 3.8) is 0 Å². The lowest BCUT2D eigenvalue weighted by atomic mass is 9.75. The van der Waals surface area contributed by atoms with Crippen LogP contribution in [0.5, 0.6) is 0 Å². The average molecular weight is 819 g/mol. The molecule has 304 valence electrons. The van der Waals surface area contributed by atoms with E-state index in [0.29, 0.717) is 19.6 Å². The van der Waals surface area contributed by atoms with Crippen molar-refractivity contribution in [2.24, 2.45) is 0 Å². The van der Waals surface area contributed by atoms with Gasteiger partial charge in [-0.05, 0) is 109 Å². The Morgan fingerprint density at radius 3 is 1.28 bits per heavy atom. The average Bonchev–Trinajstić information content (AvgIpc) is 3.23. The van der Waals surface area contributed by atoms with Gasteiger partial charge in [-0.15, -0.1) is 0 Å². The third-order valence-electron chi connectivity index (χ3n) is 15.4. The molecule has 0 aromatic heterocycles. The molecule has 8 atom stereocenters. The van der Waals surface area contributed by atoms with Crippen molar-refractivity contribution in [2.45, 2.75) is 171 Å². The highest BCUT2D eigenvalue weighted by Crippen LogP contribution is 2.52. The number of hydrogen-bond acceptors (Lipinski definition) is 8. The Hall–Kier alpha value is -3.70. The molecule has 4 aromatic rings. The largest absolute Gasteiger partial charge is 0.371 e. The number of nitrogens with zero attached hydrogens (tertiary/aromatic N) is 2. The Kier molecular flexibility index (Phi) is 8.30. The van der Waals surface area contributed by atoms with E-state index < -0.39 is 30.5 Å². The summed E-state index contributed by atoms with van der Waals surface area (Å²) in [6.07, 6.45) is 10.4. The van der Waals surface area contributed by atoms with E-state index in [1.54, 1.807) is 12.1 Å². The van der Waals surface area contributed by atoms with E-state index >= 15 is 0 Å². The van der Waals surface area contributed by atoms with Crippen molar-refractivity contribution in [2.75, 3.05) is 9.80 Å². The van der Waals surface area contributed by atoms with Crippen LogP contribution in [0, 0.1) is 0 Å². The van der Waals surface area contributed by atoms with Crippen LogP contribution in [0.3, 0.4) is 0 Å². The van der Waals surface area contributed by atoms with Gasteiger partial charge in [-0.3, -0.25) is 0 Å². The first-order valence-electron chi connectivity index (χ1n) is 21.6. The molecule has 0 radical (unpaired) electrons. The van der Waals surface area contributed by atoms with Crippen LogP contribution < -0.4 is 9.80 Å². The highest BCUT2D eigenvalue weighted by molar-refractivity contribution is 7.92. The van der Waals surface area contributed by atoms with Gasteiger partial charge in [0.2, 0.25) is 19.7 Å². The Balaban J connectivity index is 0.993. The molecule has 4 heterocycles. The van der Waals surface area contributed by atoms with E-state index in [4.69, 9.17) is 9.47 Å². The number of morpholine rings is 2. The quantitative estimate of drug-likeness (QED) is 0.198. The topological polar surface area (TPSA) is 93.2 Å². The summed E-state index contributed by atoms with van der Waals surface area (Å²) in [5.41, 5.74) is 4.60. The van der Waals surface area contributed by atoms with Crippen LogP contribution in [-0.4, -0.2) is 65.4 Å². The summed E-state index contributed by atoms with van der Waals surface area (Å²) in [5, 5.41) is 0. The summed E-state index contributed by atoms with van der Waals surface area (Å²) < 4.78 is 70.7. The van der Waals surface area contributed by atoms with Crippen LogP contribution >= 0.6 is 0 Å². The molecular weight excluding hydrogens is 765 g/mol. The van der Waals surface area contributed by atoms with Crippen LogP contribution in [0.15, 0.2) is 105 Å². The fraction of sp³-hybridized carbons (Fsp3) is 0.500. The third kappa shape index (κ3) is 5.23.